The van der Waals surface area contributed by atoms with Crippen molar-refractivity contribution in [3.63, 3.8) is 0 Å². The summed E-state index contributed by atoms with van der Waals surface area (Å²) >= 11 is 12.1. The van der Waals surface area contributed by atoms with Crippen molar-refractivity contribution in [3.05, 3.63) is 74.8 Å². The van der Waals surface area contributed by atoms with E-state index in [2.05, 4.69) is 15.3 Å². The van der Waals surface area contributed by atoms with Crippen LogP contribution in [0.2, 0.25) is 10.0 Å². The van der Waals surface area contributed by atoms with Gasteiger partial charge < -0.3 is 20.1 Å². The SMILES string of the molecule is O=c1cc(-c2ccnc(N[C@H]3CC[C@H](O)C3)n2)ccn1[C@H](CO)c1ccc(Cl)c(Cl)c1. The van der Waals surface area contributed by atoms with Crippen LogP contribution in [0, 0.1) is 0 Å². The van der Waals surface area contributed by atoms with E-state index in [4.69, 9.17) is 23.2 Å². The number of halogens is 2. The van der Waals surface area contributed by atoms with Crippen LogP contribution in [0.25, 0.3) is 11.3 Å². The van der Waals surface area contributed by atoms with Crippen LogP contribution < -0.4 is 10.9 Å². The number of hydrogen-bond donors (Lipinski definition) is 3. The Kier molecular flexibility index (Phi) is 6.57. The Balaban J connectivity index is 1.59. The van der Waals surface area contributed by atoms with Crippen molar-refractivity contribution < 1.29 is 10.2 Å². The Morgan fingerprint density at radius 1 is 1.16 bits per heavy atom. The largest absolute Gasteiger partial charge is 0.394 e. The fourth-order valence-electron chi connectivity index (χ4n) is 3.84. The lowest BCUT2D eigenvalue weighted by molar-refractivity contribution is 0.182. The minimum atomic E-state index is -0.590. The van der Waals surface area contributed by atoms with Gasteiger partial charge in [0.05, 0.1) is 34.5 Å². The van der Waals surface area contributed by atoms with Gasteiger partial charge in [-0.1, -0.05) is 29.3 Å². The molecule has 2 heterocycles. The van der Waals surface area contributed by atoms with Gasteiger partial charge in [-0.15, -0.1) is 0 Å². The third kappa shape index (κ3) is 4.91. The van der Waals surface area contributed by atoms with E-state index in [0.29, 0.717) is 39.2 Å². The molecule has 4 rings (SSSR count). The molecule has 1 fully saturated rings. The average Bonchev–Trinajstić information content (AvgIpc) is 3.17. The lowest BCUT2D eigenvalue weighted by Gasteiger charge is -2.19. The van der Waals surface area contributed by atoms with Crippen LogP contribution >= 0.6 is 23.2 Å². The zero-order chi connectivity index (χ0) is 22.0. The molecule has 162 valence electrons. The second-order valence-corrected chi connectivity index (χ2v) is 8.42. The van der Waals surface area contributed by atoms with Crippen LogP contribution in [0.1, 0.15) is 30.9 Å². The molecule has 3 N–H and O–H groups in total. The van der Waals surface area contributed by atoms with Gasteiger partial charge in [0.25, 0.3) is 5.56 Å². The van der Waals surface area contributed by atoms with Crippen LogP contribution in [-0.2, 0) is 0 Å². The predicted octanol–water partition coefficient (Wildman–Crippen LogP) is 3.52. The third-order valence-electron chi connectivity index (χ3n) is 5.47. The molecule has 9 heteroatoms. The number of pyridine rings is 1. The molecule has 0 bridgehead atoms. The maximum Gasteiger partial charge on any atom is 0.251 e. The zero-order valence-electron chi connectivity index (χ0n) is 16.6. The number of aromatic nitrogens is 3. The van der Waals surface area contributed by atoms with E-state index in [-0.39, 0.29) is 24.3 Å². The Bertz CT molecular complexity index is 1140. The topological polar surface area (TPSA) is 100 Å². The summed E-state index contributed by atoms with van der Waals surface area (Å²) in [4.78, 5) is 21.6. The quantitative estimate of drug-likeness (QED) is 0.520. The maximum atomic E-state index is 12.8. The fourth-order valence-corrected chi connectivity index (χ4v) is 4.15. The number of rotatable bonds is 6. The van der Waals surface area contributed by atoms with E-state index in [1.165, 1.54) is 10.6 Å². The van der Waals surface area contributed by atoms with Crippen LogP contribution in [-0.4, -0.2) is 43.5 Å². The van der Waals surface area contributed by atoms with E-state index < -0.39 is 6.04 Å². The first-order valence-corrected chi connectivity index (χ1v) is 10.8. The summed E-state index contributed by atoms with van der Waals surface area (Å²) in [6.45, 7) is -0.272. The Hall–Kier alpha value is -2.45. The molecule has 0 unspecified atom stereocenters. The monoisotopic (exact) mass is 460 g/mol. The molecule has 0 aliphatic heterocycles. The molecule has 3 atom stereocenters. The first kappa shape index (κ1) is 21.8. The minimum absolute atomic E-state index is 0.134. The predicted molar refractivity (Wildman–Crippen MR) is 121 cm³/mol. The van der Waals surface area contributed by atoms with Crippen LogP contribution in [0.3, 0.4) is 0 Å². The lowest BCUT2D eigenvalue weighted by Crippen LogP contribution is -2.26. The Morgan fingerprint density at radius 3 is 2.68 bits per heavy atom. The third-order valence-corrected chi connectivity index (χ3v) is 6.21. The molecule has 1 aliphatic rings. The second-order valence-electron chi connectivity index (χ2n) is 7.61. The molecule has 0 spiro atoms. The molecule has 0 amide bonds. The Morgan fingerprint density at radius 2 is 2.00 bits per heavy atom. The van der Waals surface area contributed by atoms with Gasteiger partial charge in [0.15, 0.2) is 0 Å². The van der Waals surface area contributed by atoms with Crippen molar-refractivity contribution in [2.45, 2.75) is 37.5 Å². The van der Waals surface area contributed by atoms with Crippen molar-refractivity contribution in [3.8, 4) is 11.3 Å². The van der Waals surface area contributed by atoms with Crippen LogP contribution in [0.5, 0.6) is 0 Å². The minimum Gasteiger partial charge on any atom is -0.394 e. The first-order valence-electron chi connectivity index (χ1n) is 10.0. The molecule has 31 heavy (non-hydrogen) atoms. The molecular formula is C22H22Cl2N4O3. The summed E-state index contributed by atoms with van der Waals surface area (Å²) in [5.74, 6) is 0.463. The molecule has 7 nitrogen and oxygen atoms in total. The summed E-state index contributed by atoms with van der Waals surface area (Å²) in [5.41, 5.74) is 1.65. The van der Waals surface area contributed by atoms with E-state index in [1.807, 2.05) is 0 Å². The normalized spacial score (nSPS) is 19.4. The van der Waals surface area contributed by atoms with Gasteiger partial charge in [-0.3, -0.25) is 4.79 Å². The molecule has 1 aliphatic carbocycles. The Labute approximate surface area is 189 Å². The van der Waals surface area contributed by atoms with Crippen molar-refractivity contribution in [2.75, 3.05) is 11.9 Å². The van der Waals surface area contributed by atoms with Crippen molar-refractivity contribution in [1.29, 1.82) is 0 Å². The lowest BCUT2D eigenvalue weighted by atomic mass is 10.1. The number of benzene rings is 1. The van der Waals surface area contributed by atoms with Gasteiger partial charge in [-0.05, 0) is 49.1 Å². The standard InChI is InChI=1S/C22H22Cl2N4O3/c23-17-4-1-14(9-18(17)24)20(12-29)28-8-6-13(10-21(28)31)19-5-7-25-22(27-19)26-15-2-3-16(30)11-15/h1,4-10,15-16,20,29-30H,2-3,11-12H2,(H,25,26,27)/t15-,16-,20+/m0/s1. The highest BCUT2D eigenvalue weighted by Gasteiger charge is 2.23. The fraction of sp³-hybridized carbons (Fsp3) is 0.318. The zero-order valence-corrected chi connectivity index (χ0v) is 18.1. The highest BCUT2D eigenvalue weighted by Crippen LogP contribution is 2.27. The van der Waals surface area contributed by atoms with Gasteiger partial charge in [-0.25, -0.2) is 9.97 Å². The molecule has 0 saturated heterocycles. The number of nitrogens with zero attached hydrogens (tertiary/aromatic N) is 3. The molecule has 1 saturated carbocycles. The van der Waals surface area contributed by atoms with E-state index in [9.17, 15) is 15.0 Å². The smallest absolute Gasteiger partial charge is 0.251 e. The van der Waals surface area contributed by atoms with Gasteiger partial charge in [0.2, 0.25) is 5.95 Å². The summed E-state index contributed by atoms with van der Waals surface area (Å²) in [5, 5.41) is 23.6. The second kappa shape index (κ2) is 9.36. The highest BCUT2D eigenvalue weighted by atomic mass is 35.5. The molecule has 3 aromatic rings. The molecular weight excluding hydrogens is 439 g/mol. The number of nitrogens with one attached hydrogen (secondary N) is 1. The van der Waals surface area contributed by atoms with E-state index in [0.717, 1.165) is 12.8 Å². The molecule has 2 aromatic heterocycles. The van der Waals surface area contributed by atoms with E-state index in [1.54, 1.807) is 42.7 Å². The van der Waals surface area contributed by atoms with Gasteiger partial charge in [-0.2, -0.15) is 0 Å². The van der Waals surface area contributed by atoms with Crippen LogP contribution in [0.15, 0.2) is 53.6 Å². The highest BCUT2D eigenvalue weighted by molar-refractivity contribution is 6.42. The van der Waals surface area contributed by atoms with Crippen molar-refractivity contribution in [2.24, 2.45) is 0 Å². The van der Waals surface area contributed by atoms with Gasteiger partial charge in [0.1, 0.15) is 0 Å². The number of aliphatic hydroxyl groups excluding tert-OH is 2. The average molecular weight is 461 g/mol. The number of anilines is 1. The maximum absolute atomic E-state index is 12.8. The summed E-state index contributed by atoms with van der Waals surface area (Å²) in [7, 11) is 0. The summed E-state index contributed by atoms with van der Waals surface area (Å²) in [6.07, 6.45) is 5.27. The molecule has 0 radical (unpaired) electrons. The molecule has 1 aromatic carbocycles. The number of hydrogen-bond acceptors (Lipinski definition) is 6. The van der Waals surface area contributed by atoms with Crippen molar-refractivity contribution >= 4 is 29.2 Å². The van der Waals surface area contributed by atoms with Gasteiger partial charge >= 0.3 is 0 Å². The number of aliphatic hydroxyl groups is 2. The van der Waals surface area contributed by atoms with Gasteiger partial charge in [0, 0.05) is 30.1 Å². The summed E-state index contributed by atoms with van der Waals surface area (Å²) in [6, 6.07) is 9.54. The van der Waals surface area contributed by atoms with Crippen molar-refractivity contribution in [1.82, 2.24) is 14.5 Å². The van der Waals surface area contributed by atoms with Crippen LogP contribution in [0.4, 0.5) is 5.95 Å². The first-order chi connectivity index (χ1) is 14.9. The summed E-state index contributed by atoms with van der Waals surface area (Å²) < 4.78 is 1.45. The van der Waals surface area contributed by atoms with E-state index >= 15 is 0 Å².